The summed E-state index contributed by atoms with van der Waals surface area (Å²) in [5.74, 6) is 0. The molecule has 2 aromatic carbocycles. The summed E-state index contributed by atoms with van der Waals surface area (Å²) in [4.78, 5) is 2.29. The van der Waals surface area contributed by atoms with Crippen LogP contribution in [0.4, 0.5) is 0 Å². The van der Waals surface area contributed by atoms with E-state index in [0.717, 1.165) is 12.8 Å². The largest absolute Gasteiger partial charge is 2.00 e. The zero-order valence-corrected chi connectivity index (χ0v) is 15.6. The average molecular weight is 357 g/mol. The van der Waals surface area contributed by atoms with Crippen LogP contribution in [0.25, 0.3) is 10.8 Å². The molecule has 0 saturated carbocycles. The molecular formula is C19H23NZr. The summed E-state index contributed by atoms with van der Waals surface area (Å²) in [6.07, 6.45) is 11.2. The summed E-state index contributed by atoms with van der Waals surface area (Å²) in [5, 5.41) is 2.76. The molecule has 0 spiro atoms. The average Bonchev–Trinajstić information content (AvgIpc) is 3.12. The van der Waals surface area contributed by atoms with Crippen LogP contribution in [-0.2, 0) is 26.2 Å². The Morgan fingerprint density at radius 2 is 2.00 bits per heavy atom. The molecule has 0 heterocycles. The van der Waals surface area contributed by atoms with E-state index in [-0.39, 0.29) is 26.2 Å². The van der Waals surface area contributed by atoms with Crippen LogP contribution in [0, 0.1) is 6.08 Å². The van der Waals surface area contributed by atoms with Crippen LogP contribution >= 0.6 is 0 Å². The normalized spacial score (nSPS) is 13.9. The number of hydrogen-bond acceptors (Lipinski definition) is 1. The van der Waals surface area contributed by atoms with Crippen LogP contribution in [0.5, 0.6) is 0 Å². The van der Waals surface area contributed by atoms with Gasteiger partial charge in [-0.15, -0.1) is 47.0 Å². The molecule has 1 atom stereocenters. The second-order valence-corrected chi connectivity index (χ2v) is 5.27. The van der Waals surface area contributed by atoms with Crippen molar-refractivity contribution in [3.63, 3.8) is 0 Å². The molecule has 21 heavy (non-hydrogen) atoms. The zero-order valence-electron chi connectivity index (χ0n) is 13.1. The van der Waals surface area contributed by atoms with Gasteiger partial charge in [-0.2, -0.15) is 12.1 Å². The Hall–Kier alpha value is -0.847. The van der Waals surface area contributed by atoms with E-state index in [1.165, 1.54) is 16.3 Å². The van der Waals surface area contributed by atoms with Crippen LogP contribution < -0.4 is 0 Å². The Morgan fingerprint density at radius 1 is 1.24 bits per heavy atom. The minimum atomic E-state index is 0. The molecule has 2 aromatic rings. The van der Waals surface area contributed by atoms with Gasteiger partial charge in [-0.05, 0) is 26.6 Å². The van der Waals surface area contributed by atoms with Crippen molar-refractivity contribution in [3.05, 3.63) is 66.3 Å². The van der Waals surface area contributed by atoms with Gasteiger partial charge in [-0.1, -0.05) is 13.0 Å². The molecule has 1 nitrogen and oxygen atoms in total. The van der Waals surface area contributed by atoms with Gasteiger partial charge in [0.2, 0.25) is 0 Å². The number of hydrogen-bond donors (Lipinski definition) is 0. The van der Waals surface area contributed by atoms with Crippen molar-refractivity contribution in [2.24, 2.45) is 0 Å². The summed E-state index contributed by atoms with van der Waals surface area (Å²) in [5.41, 5.74) is 1.46. The van der Waals surface area contributed by atoms with E-state index in [4.69, 9.17) is 0 Å². The van der Waals surface area contributed by atoms with Gasteiger partial charge in [-0.25, -0.2) is 12.2 Å². The van der Waals surface area contributed by atoms with Crippen LogP contribution in [0.3, 0.4) is 0 Å². The van der Waals surface area contributed by atoms with Gasteiger partial charge in [0.05, 0.1) is 0 Å². The van der Waals surface area contributed by atoms with Gasteiger partial charge in [0.25, 0.3) is 0 Å². The number of rotatable bonds is 3. The van der Waals surface area contributed by atoms with Gasteiger partial charge >= 0.3 is 26.2 Å². The molecule has 1 aliphatic carbocycles. The standard InChI is InChI=1S/C14H18N.C5H5.Zr/c1-4-14(15(2)3)13-10-9-11-7-5-6-8-12(11)13;1-2-4-5-3-1;/h5-10,14H,4H2,1-3H3;1-3H,4H2;/q2*-1;+2. The molecule has 1 unspecified atom stereocenters. The molecule has 108 valence electrons. The fourth-order valence-electron chi connectivity index (χ4n) is 2.67. The second kappa shape index (κ2) is 9.23. The Bertz CT molecular complexity index is 582. The van der Waals surface area contributed by atoms with Crippen molar-refractivity contribution < 1.29 is 26.2 Å². The molecule has 0 amide bonds. The molecule has 0 aliphatic heterocycles. The maximum atomic E-state index is 2.99. The van der Waals surface area contributed by atoms with Crippen molar-refractivity contribution in [2.75, 3.05) is 14.1 Å². The Labute approximate surface area is 147 Å². The van der Waals surface area contributed by atoms with Crippen LogP contribution in [0.1, 0.15) is 31.4 Å². The molecule has 0 saturated heterocycles. The van der Waals surface area contributed by atoms with Gasteiger partial charge < -0.3 is 4.90 Å². The Kier molecular flexibility index (Phi) is 8.00. The molecule has 0 aromatic heterocycles. The van der Waals surface area contributed by atoms with Gasteiger partial charge in [0.15, 0.2) is 0 Å². The van der Waals surface area contributed by atoms with Crippen molar-refractivity contribution in [3.8, 4) is 0 Å². The summed E-state index contributed by atoms with van der Waals surface area (Å²) >= 11 is 0. The maximum Gasteiger partial charge on any atom is 2.00 e. The molecule has 1 aliphatic rings. The Balaban J connectivity index is 0.000000313. The quantitative estimate of drug-likeness (QED) is 0.709. The predicted octanol–water partition coefficient (Wildman–Crippen LogP) is 4.87. The summed E-state index contributed by atoms with van der Waals surface area (Å²) in [6, 6.07) is 13.6. The Morgan fingerprint density at radius 3 is 2.52 bits per heavy atom. The van der Waals surface area contributed by atoms with E-state index >= 15 is 0 Å². The van der Waals surface area contributed by atoms with Crippen molar-refractivity contribution in [1.82, 2.24) is 4.90 Å². The van der Waals surface area contributed by atoms with Crippen molar-refractivity contribution in [2.45, 2.75) is 25.8 Å². The molecule has 0 radical (unpaired) electrons. The van der Waals surface area contributed by atoms with Crippen LogP contribution in [0.2, 0.25) is 0 Å². The molecule has 0 bridgehead atoms. The third kappa shape index (κ3) is 4.83. The molecule has 0 N–H and O–H groups in total. The summed E-state index contributed by atoms with van der Waals surface area (Å²) in [7, 11) is 4.30. The first-order chi connectivity index (χ1) is 9.74. The maximum absolute atomic E-state index is 2.99. The first-order valence-electron chi connectivity index (χ1n) is 7.26. The molecular weight excluding hydrogens is 333 g/mol. The van der Waals surface area contributed by atoms with Gasteiger partial charge in [0, 0.05) is 0 Å². The fraction of sp³-hybridized carbons (Fsp3) is 0.316. The summed E-state index contributed by atoms with van der Waals surface area (Å²) in [6.45, 7) is 2.24. The van der Waals surface area contributed by atoms with Crippen molar-refractivity contribution in [1.29, 1.82) is 0 Å². The first-order valence-corrected chi connectivity index (χ1v) is 7.26. The third-order valence-corrected chi connectivity index (χ3v) is 3.67. The van der Waals surface area contributed by atoms with Crippen LogP contribution in [-0.4, -0.2) is 19.0 Å². The molecule has 3 rings (SSSR count). The minimum Gasteiger partial charge on any atom is -0.311 e. The summed E-state index contributed by atoms with van der Waals surface area (Å²) < 4.78 is 0. The van der Waals surface area contributed by atoms with E-state index in [1.54, 1.807) is 0 Å². The molecule has 0 fully saturated rings. The van der Waals surface area contributed by atoms with E-state index in [9.17, 15) is 0 Å². The third-order valence-electron chi connectivity index (χ3n) is 3.67. The number of benzene rings is 1. The van der Waals surface area contributed by atoms with E-state index in [1.807, 2.05) is 12.2 Å². The predicted molar refractivity (Wildman–Crippen MR) is 87.8 cm³/mol. The monoisotopic (exact) mass is 355 g/mol. The van der Waals surface area contributed by atoms with Crippen LogP contribution in [0.15, 0.2) is 54.6 Å². The van der Waals surface area contributed by atoms with E-state index < -0.39 is 0 Å². The van der Waals surface area contributed by atoms with Gasteiger partial charge in [0.1, 0.15) is 0 Å². The number of fused-ring (bicyclic) bond motifs is 1. The topological polar surface area (TPSA) is 3.24 Å². The number of allylic oxidation sites excluding steroid dienone is 4. The van der Waals surface area contributed by atoms with E-state index in [2.05, 4.69) is 74.5 Å². The number of nitrogens with zero attached hydrogens (tertiary/aromatic N) is 1. The van der Waals surface area contributed by atoms with E-state index in [0.29, 0.717) is 6.04 Å². The smallest absolute Gasteiger partial charge is 0.311 e. The minimum absolute atomic E-state index is 0. The zero-order chi connectivity index (χ0) is 14.4. The fourth-order valence-corrected chi connectivity index (χ4v) is 2.67. The molecule has 2 heteroatoms. The SMILES string of the molecule is CCC([c-]1ccc2ccccc21)N(C)C.[C-]1=CC=CC1.[Zr+2]. The van der Waals surface area contributed by atoms with Crippen molar-refractivity contribution >= 4 is 10.8 Å². The van der Waals surface area contributed by atoms with Gasteiger partial charge in [-0.3, -0.25) is 6.08 Å². The second-order valence-electron chi connectivity index (χ2n) is 5.27. The first kappa shape index (κ1) is 18.2.